The summed E-state index contributed by atoms with van der Waals surface area (Å²) >= 11 is 0. The molecule has 0 radical (unpaired) electrons. The number of rotatable bonds is 2. The number of fused-ring (bicyclic) bond motifs is 1. The van der Waals surface area contributed by atoms with E-state index in [0.29, 0.717) is 6.04 Å². The monoisotopic (exact) mass is 261 g/mol. The fourth-order valence-corrected chi connectivity index (χ4v) is 3.23. The van der Waals surface area contributed by atoms with Crippen LogP contribution in [0.25, 0.3) is 0 Å². The standard InChI is InChI=1S/C15H23N3O/c1-12(19)13-5-6-16-15(10-13)18-9-8-17-7-3-2-4-14(17)11-18/h5-6,10,12,14,19H,2-4,7-9,11H2,1H3/t12-,14?/m0/s1. The first-order valence-electron chi connectivity index (χ1n) is 7.37. The molecule has 0 amide bonds. The number of hydrogen-bond acceptors (Lipinski definition) is 4. The van der Waals surface area contributed by atoms with E-state index < -0.39 is 6.10 Å². The molecular formula is C15H23N3O. The van der Waals surface area contributed by atoms with Gasteiger partial charge in [-0.2, -0.15) is 0 Å². The van der Waals surface area contributed by atoms with E-state index in [4.69, 9.17) is 0 Å². The quantitative estimate of drug-likeness (QED) is 0.881. The van der Waals surface area contributed by atoms with E-state index in [9.17, 15) is 5.11 Å². The van der Waals surface area contributed by atoms with Gasteiger partial charge in [-0.3, -0.25) is 4.90 Å². The van der Waals surface area contributed by atoms with Crippen molar-refractivity contribution in [3.63, 3.8) is 0 Å². The molecule has 1 aromatic heterocycles. The van der Waals surface area contributed by atoms with Gasteiger partial charge in [-0.05, 0) is 44.0 Å². The molecule has 1 N–H and O–H groups in total. The summed E-state index contributed by atoms with van der Waals surface area (Å²) < 4.78 is 0. The van der Waals surface area contributed by atoms with Crippen molar-refractivity contribution in [2.24, 2.45) is 0 Å². The van der Waals surface area contributed by atoms with Gasteiger partial charge in [-0.25, -0.2) is 4.98 Å². The number of piperidine rings is 1. The third kappa shape index (κ3) is 2.74. The van der Waals surface area contributed by atoms with E-state index in [0.717, 1.165) is 31.0 Å². The summed E-state index contributed by atoms with van der Waals surface area (Å²) in [4.78, 5) is 9.48. The van der Waals surface area contributed by atoms with Gasteiger partial charge in [0.2, 0.25) is 0 Å². The zero-order valence-corrected chi connectivity index (χ0v) is 11.6. The number of hydrogen-bond donors (Lipinski definition) is 1. The maximum atomic E-state index is 9.68. The predicted molar refractivity (Wildman–Crippen MR) is 76.3 cm³/mol. The minimum atomic E-state index is -0.419. The first-order valence-corrected chi connectivity index (χ1v) is 7.37. The van der Waals surface area contributed by atoms with E-state index in [1.165, 1.54) is 25.8 Å². The summed E-state index contributed by atoms with van der Waals surface area (Å²) in [6, 6.07) is 4.62. The van der Waals surface area contributed by atoms with E-state index in [1.54, 1.807) is 6.92 Å². The van der Waals surface area contributed by atoms with Gasteiger partial charge in [0.15, 0.2) is 0 Å². The molecule has 4 nitrogen and oxygen atoms in total. The molecule has 0 aliphatic carbocycles. The number of aliphatic hydroxyl groups is 1. The Kier molecular flexibility index (Phi) is 3.71. The number of anilines is 1. The van der Waals surface area contributed by atoms with Crippen LogP contribution in [0.15, 0.2) is 18.3 Å². The lowest BCUT2D eigenvalue weighted by Crippen LogP contribution is -2.55. The van der Waals surface area contributed by atoms with Crippen LogP contribution in [-0.4, -0.2) is 47.2 Å². The highest BCUT2D eigenvalue weighted by Crippen LogP contribution is 2.25. The molecule has 2 atom stereocenters. The van der Waals surface area contributed by atoms with Gasteiger partial charge in [-0.15, -0.1) is 0 Å². The summed E-state index contributed by atoms with van der Waals surface area (Å²) in [5.41, 5.74) is 0.955. The van der Waals surface area contributed by atoms with Gasteiger partial charge in [0.1, 0.15) is 5.82 Å². The molecule has 2 fully saturated rings. The largest absolute Gasteiger partial charge is 0.389 e. The number of aliphatic hydroxyl groups excluding tert-OH is 1. The summed E-state index contributed by atoms with van der Waals surface area (Å²) in [5.74, 6) is 1.02. The Morgan fingerprint density at radius 2 is 2.21 bits per heavy atom. The normalized spacial score (nSPS) is 26.0. The fourth-order valence-electron chi connectivity index (χ4n) is 3.23. The van der Waals surface area contributed by atoms with E-state index in [2.05, 4.69) is 14.8 Å². The average molecular weight is 261 g/mol. The minimum absolute atomic E-state index is 0.419. The maximum absolute atomic E-state index is 9.68. The molecule has 2 aliphatic rings. The summed E-state index contributed by atoms with van der Waals surface area (Å²) in [6.07, 6.45) is 5.41. The predicted octanol–water partition coefficient (Wildman–Crippen LogP) is 1.81. The van der Waals surface area contributed by atoms with Gasteiger partial charge in [-0.1, -0.05) is 6.42 Å². The highest BCUT2D eigenvalue weighted by Gasteiger charge is 2.29. The molecule has 2 saturated heterocycles. The Bertz CT molecular complexity index is 435. The molecule has 104 valence electrons. The minimum Gasteiger partial charge on any atom is -0.389 e. The van der Waals surface area contributed by atoms with E-state index in [1.807, 2.05) is 18.3 Å². The highest BCUT2D eigenvalue weighted by atomic mass is 16.3. The van der Waals surface area contributed by atoms with Crippen LogP contribution in [-0.2, 0) is 0 Å². The Balaban J connectivity index is 1.74. The molecule has 1 aromatic rings. The third-order valence-corrected chi connectivity index (χ3v) is 4.41. The van der Waals surface area contributed by atoms with Gasteiger partial charge in [0.25, 0.3) is 0 Å². The van der Waals surface area contributed by atoms with Crippen LogP contribution in [0.4, 0.5) is 5.82 Å². The van der Waals surface area contributed by atoms with Crippen LogP contribution in [0.3, 0.4) is 0 Å². The molecule has 19 heavy (non-hydrogen) atoms. The first kappa shape index (κ1) is 12.9. The number of nitrogens with zero attached hydrogens (tertiary/aromatic N) is 3. The Morgan fingerprint density at radius 1 is 1.32 bits per heavy atom. The fraction of sp³-hybridized carbons (Fsp3) is 0.667. The number of pyridine rings is 1. The van der Waals surface area contributed by atoms with Gasteiger partial charge in [0, 0.05) is 31.9 Å². The van der Waals surface area contributed by atoms with Crippen molar-refractivity contribution in [2.45, 2.75) is 38.3 Å². The van der Waals surface area contributed by atoms with Crippen molar-refractivity contribution < 1.29 is 5.11 Å². The van der Waals surface area contributed by atoms with Crippen molar-refractivity contribution in [3.05, 3.63) is 23.9 Å². The lowest BCUT2D eigenvalue weighted by molar-refractivity contribution is 0.133. The van der Waals surface area contributed by atoms with Gasteiger partial charge < -0.3 is 10.0 Å². The zero-order chi connectivity index (χ0) is 13.2. The van der Waals surface area contributed by atoms with Crippen LogP contribution in [0, 0.1) is 0 Å². The molecule has 0 bridgehead atoms. The van der Waals surface area contributed by atoms with Gasteiger partial charge in [0.05, 0.1) is 6.10 Å². The van der Waals surface area contributed by atoms with Crippen LogP contribution < -0.4 is 4.90 Å². The van der Waals surface area contributed by atoms with E-state index in [-0.39, 0.29) is 0 Å². The Labute approximate surface area is 115 Å². The number of aromatic nitrogens is 1. The third-order valence-electron chi connectivity index (χ3n) is 4.41. The molecular weight excluding hydrogens is 238 g/mol. The van der Waals surface area contributed by atoms with Crippen LogP contribution in [0.2, 0.25) is 0 Å². The van der Waals surface area contributed by atoms with Crippen LogP contribution in [0.5, 0.6) is 0 Å². The van der Waals surface area contributed by atoms with Gasteiger partial charge >= 0.3 is 0 Å². The molecule has 3 heterocycles. The lowest BCUT2D eigenvalue weighted by atomic mass is 9.99. The Hall–Kier alpha value is -1.13. The van der Waals surface area contributed by atoms with E-state index >= 15 is 0 Å². The first-order chi connectivity index (χ1) is 9.24. The van der Waals surface area contributed by atoms with Crippen molar-refractivity contribution in [2.75, 3.05) is 31.1 Å². The molecule has 4 heteroatoms. The molecule has 0 saturated carbocycles. The second-order valence-corrected chi connectivity index (χ2v) is 5.75. The van der Waals surface area contributed by atoms with Crippen molar-refractivity contribution in [1.82, 2.24) is 9.88 Å². The summed E-state index contributed by atoms with van der Waals surface area (Å²) in [6.45, 7) is 6.34. The molecule has 1 unspecified atom stereocenters. The van der Waals surface area contributed by atoms with Crippen LogP contribution in [0.1, 0.15) is 37.9 Å². The second-order valence-electron chi connectivity index (χ2n) is 5.75. The van der Waals surface area contributed by atoms with Crippen molar-refractivity contribution in [3.8, 4) is 0 Å². The highest BCUT2D eigenvalue weighted by molar-refractivity contribution is 5.42. The maximum Gasteiger partial charge on any atom is 0.128 e. The Morgan fingerprint density at radius 3 is 3.05 bits per heavy atom. The number of piperazine rings is 1. The summed E-state index contributed by atoms with van der Waals surface area (Å²) in [7, 11) is 0. The average Bonchev–Trinajstić information content (AvgIpc) is 2.47. The zero-order valence-electron chi connectivity index (χ0n) is 11.6. The molecule has 3 rings (SSSR count). The summed E-state index contributed by atoms with van der Waals surface area (Å²) in [5, 5.41) is 9.68. The van der Waals surface area contributed by atoms with Crippen LogP contribution >= 0.6 is 0 Å². The molecule has 2 aliphatic heterocycles. The van der Waals surface area contributed by atoms with Crippen molar-refractivity contribution >= 4 is 5.82 Å². The SMILES string of the molecule is C[C@H](O)c1ccnc(N2CCN3CCCCC3C2)c1. The second kappa shape index (κ2) is 5.47. The lowest BCUT2D eigenvalue weighted by Gasteiger charge is -2.44. The topological polar surface area (TPSA) is 39.6 Å². The molecule has 0 spiro atoms. The molecule has 0 aromatic carbocycles. The van der Waals surface area contributed by atoms with Crippen molar-refractivity contribution in [1.29, 1.82) is 0 Å². The smallest absolute Gasteiger partial charge is 0.128 e.